The molecule has 0 amide bonds. The molecule has 2 aliphatic heterocycles. The third-order valence-electron chi connectivity index (χ3n) is 2.35. The van der Waals surface area contributed by atoms with Crippen LogP contribution in [-0.2, 0) is 18.3 Å². The van der Waals surface area contributed by atoms with Crippen molar-refractivity contribution < 1.29 is 18.3 Å². The molecule has 2 unspecified atom stereocenters. The molecule has 2 rings (SSSR count). The highest BCUT2D eigenvalue weighted by molar-refractivity contribution is 7.55. The van der Waals surface area contributed by atoms with E-state index in [1.165, 1.54) is 0 Å². The van der Waals surface area contributed by atoms with Gasteiger partial charge in [0.25, 0.3) is 0 Å². The fourth-order valence-electron chi connectivity index (χ4n) is 1.41. The molecule has 0 saturated carbocycles. The summed E-state index contributed by atoms with van der Waals surface area (Å²) in [5.41, 5.74) is 0. The van der Waals surface area contributed by atoms with Crippen LogP contribution in [0.5, 0.6) is 0 Å². The van der Waals surface area contributed by atoms with Gasteiger partial charge in [0.2, 0.25) is 0 Å². The largest absolute Gasteiger partial charge is 0.376 e. The van der Waals surface area contributed by atoms with E-state index in [1.807, 2.05) is 20.8 Å². The summed E-state index contributed by atoms with van der Waals surface area (Å²) in [4.78, 5) is 0. The first kappa shape index (κ1) is 9.66. The van der Waals surface area contributed by atoms with Crippen molar-refractivity contribution >= 4 is 7.60 Å². The lowest BCUT2D eigenvalue weighted by Gasteiger charge is -2.25. The molecule has 0 bridgehead atoms. The van der Waals surface area contributed by atoms with Gasteiger partial charge in [-0.2, -0.15) is 0 Å². The van der Waals surface area contributed by atoms with Gasteiger partial charge in [-0.05, 0) is 20.8 Å². The lowest BCUT2D eigenvalue weighted by atomic mass is 10.3. The number of hydrogen-bond donors (Lipinski definition) is 0. The van der Waals surface area contributed by atoms with Crippen molar-refractivity contribution in [1.29, 1.82) is 0 Å². The Kier molecular flexibility index (Phi) is 2.08. The SMILES string of the molecule is CC(C)(C)P1(=O)OC2COCC2O1. The molecule has 0 aliphatic carbocycles. The summed E-state index contributed by atoms with van der Waals surface area (Å²) in [7, 11) is -2.91. The van der Waals surface area contributed by atoms with Crippen LogP contribution in [0.3, 0.4) is 0 Å². The predicted octanol–water partition coefficient (Wildman–Crippen LogP) is 1.79. The molecule has 0 aromatic carbocycles. The molecule has 2 heterocycles. The summed E-state index contributed by atoms with van der Waals surface area (Å²) in [5.74, 6) is 0. The predicted molar refractivity (Wildman–Crippen MR) is 47.9 cm³/mol. The maximum Gasteiger partial charge on any atom is 0.336 e. The van der Waals surface area contributed by atoms with E-state index in [0.29, 0.717) is 13.2 Å². The average Bonchev–Trinajstić information content (AvgIpc) is 2.42. The van der Waals surface area contributed by atoms with Crippen LogP contribution in [-0.4, -0.2) is 30.6 Å². The van der Waals surface area contributed by atoms with Crippen LogP contribution in [0.25, 0.3) is 0 Å². The average molecular weight is 206 g/mol. The van der Waals surface area contributed by atoms with Gasteiger partial charge in [0.1, 0.15) is 12.2 Å². The van der Waals surface area contributed by atoms with Crippen LogP contribution in [0, 0.1) is 0 Å². The lowest BCUT2D eigenvalue weighted by molar-refractivity contribution is 0.127. The molecule has 4 nitrogen and oxygen atoms in total. The van der Waals surface area contributed by atoms with Gasteiger partial charge in [-0.1, -0.05) is 0 Å². The van der Waals surface area contributed by atoms with Crippen molar-refractivity contribution in [3.05, 3.63) is 0 Å². The zero-order valence-electron chi connectivity index (χ0n) is 8.15. The third-order valence-corrected chi connectivity index (χ3v) is 5.09. The summed E-state index contributed by atoms with van der Waals surface area (Å²) in [5, 5.41) is -0.433. The van der Waals surface area contributed by atoms with E-state index in [1.54, 1.807) is 0 Å². The molecule has 0 aromatic rings. The first-order valence-electron chi connectivity index (χ1n) is 4.47. The fourth-order valence-corrected chi connectivity index (χ4v) is 3.20. The highest BCUT2D eigenvalue weighted by Crippen LogP contribution is 2.65. The van der Waals surface area contributed by atoms with E-state index in [2.05, 4.69) is 0 Å². The smallest absolute Gasteiger partial charge is 0.336 e. The Bertz CT molecular complexity index is 241. The summed E-state index contributed by atoms with van der Waals surface area (Å²) < 4.78 is 28.2. The van der Waals surface area contributed by atoms with Crippen molar-refractivity contribution in [2.75, 3.05) is 13.2 Å². The topological polar surface area (TPSA) is 44.8 Å². The molecule has 2 saturated heterocycles. The number of rotatable bonds is 0. The van der Waals surface area contributed by atoms with Crippen molar-refractivity contribution in [2.24, 2.45) is 0 Å². The van der Waals surface area contributed by atoms with E-state index >= 15 is 0 Å². The quantitative estimate of drug-likeness (QED) is 0.567. The Morgan fingerprint density at radius 1 is 1.15 bits per heavy atom. The van der Waals surface area contributed by atoms with Gasteiger partial charge in [0.15, 0.2) is 0 Å². The van der Waals surface area contributed by atoms with Crippen LogP contribution in [0.15, 0.2) is 0 Å². The fraction of sp³-hybridized carbons (Fsp3) is 1.00. The maximum absolute atomic E-state index is 12.1. The molecule has 0 radical (unpaired) electrons. The highest BCUT2D eigenvalue weighted by atomic mass is 31.2. The highest BCUT2D eigenvalue weighted by Gasteiger charge is 2.53. The van der Waals surface area contributed by atoms with Gasteiger partial charge in [-0.25, -0.2) is 0 Å². The molecule has 2 aliphatic rings. The van der Waals surface area contributed by atoms with Crippen molar-refractivity contribution in [2.45, 2.75) is 38.1 Å². The van der Waals surface area contributed by atoms with Crippen molar-refractivity contribution in [3.63, 3.8) is 0 Å². The van der Waals surface area contributed by atoms with Gasteiger partial charge in [0, 0.05) is 0 Å². The Balaban J connectivity index is 2.18. The van der Waals surface area contributed by atoms with Gasteiger partial charge in [-0.3, -0.25) is 13.6 Å². The van der Waals surface area contributed by atoms with Gasteiger partial charge >= 0.3 is 7.60 Å². The second-order valence-electron chi connectivity index (χ2n) is 4.49. The van der Waals surface area contributed by atoms with Gasteiger partial charge < -0.3 is 4.74 Å². The molecule has 0 spiro atoms. The van der Waals surface area contributed by atoms with Crippen molar-refractivity contribution in [1.82, 2.24) is 0 Å². The molecule has 5 heteroatoms. The zero-order chi connectivity index (χ0) is 9.69. The molecule has 2 fully saturated rings. The van der Waals surface area contributed by atoms with E-state index < -0.39 is 12.8 Å². The van der Waals surface area contributed by atoms with Crippen LogP contribution < -0.4 is 0 Å². The summed E-state index contributed by atoms with van der Waals surface area (Å²) in [6.45, 7) is 6.62. The Morgan fingerprint density at radius 3 is 2.00 bits per heavy atom. The second kappa shape index (κ2) is 2.80. The minimum atomic E-state index is -2.91. The lowest BCUT2D eigenvalue weighted by Crippen LogP contribution is -2.18. The van der Waals surface area contributed by atoms with E-state index in [-0.39, 0.29) is 12.2 Å². The Hall–Kier alpha value is 0.110. The molecule has 0 aromatic heterocycles. The molecule has 13 heavy (non-hydrogen) atoms. The molecule has 2 atom stereocenters. The monoisotopic (exact) mass is 206 g/mol. The number of hydrogen-bond acceptors (Lipinski definition) is 4. The van der Waals surface area contributed by atoms with Crippen LogP contribution in [0.1, 0.15) is 20.8 Å². The van der Waals surface area contributed by atoms with E-state index in [4.69, 9.17) is 13.8 Å². The molecule has 76 valence electrons. The number of fused-ring (bicyclic) bond motifs is 1. The van der Waals surface area contributed by atoms with Crippen LogP contribution >= 0.6 is 7.60 Å². The standard InChI is InChI=1S/C8H15O4P/c1-8(2,3)13(9)11-6-4-10-5-7(6)12-13/h6-7H,4-5H2,1-3H3. The Morgan fingerprint density at radius 2 is 1.62 bits per heavy atom. The maximum atomic E-state index is 12.1. The van der Waals surface area contributed by atoms with Crippen molar-refractivity contribution in [3.8, 4) is 0 Å². The first-order valence-corrected chi connectivity index (χ1v) is 6.01. The van der Waals surface area contributed by atoms with Crippen LogP contribution in [0.4, 0.5) is 0 Å². The molecular formula is C8H15O4P. The van der Waals surface area contributed by atoms with Crippen LogP contribution in [0.2, 0.25) is 0 Å². The number of ether oxygens (including phenoxy) is 1. The second-order valence-corrected chi connectivity index (χ2v) is 7.25. The van der Waals surface area contributed by atoms with E-state index in [9.17, 15) is 4.57 Å². The minimum Gasteiger partial charge on any atom is -0.376 e. The zero-order valence-corrected chi connectivity index (χ0v) is 9.04. The first-order chi connectivity index (χ1) is 5.92. The summed E-state index contributed by atoms with van der Waals surface area (Å²) in [6.07, 6.45) is -0.241. The normalized spacial score (nSPS) is 45.2. The molecule has 0 N–H and O–H groups in total. The third kappa shape index (κ3) is 1.46. The Labute approximate surface area is 78.1 Å². The van der Waals surface area contributed by atoms with Gasteiger partial charge in [0.05, 0.1) is 18.4 Å². The van der Waals surface area contributed by atoms with E-state index in [0.717, 1.165) is 0 Å². The van der Waals surface area contributed by atoms with Gasteiger partial charge in [-0.15, -0.1) is 0 Å². The molecular weight excluding hydrogens is 191 g/mol. The summed E-state index contributed by atoms with van der Waals surface area (Å²) in [6, 6.07) is 0. The summed E-state index contributed by atoms with van der Waals surface area (Å²) >= 11 is 0. The minimum absolute atomic E-state index is 0.120.